The zero-order valence-electron chi connectivity index (χ0n) is 15.7. The number of rotatable bonds is 1. The van der Waals surface area contributed by atoms with Crippen molar-refractivity contribution in [2.45, 2.75) is 70.9 Å². The second kappa shape index (κ2) is 5.82. The highest BCUT2D eigenvalue weighted by Gasteiger charge is 2.71. The number of halogens is 5. The number of carbonyl (C=O) groups is 1. The van der Waals surface area contributed by atoms with E-state index >= 15 is 0 Å². The summed E-state index contributed by atoms with van der Waals surface area (Å²) >= 11 is 0. The summed E-state index contributed by atoms with van der Waals surface area (Å²) in [4.78, 5) is 11.7. The normalized spacial score (nSPS) is 47.7. The third kappa shape index (κ3) is 2.58. The molecule has 3 aliphatic carbocycles. The summed E-state index contributed by atoms with van der Waals surface area (Å²) in [6, 6.07) is 0. The van der Waals surface area contributed by atoms with Crippen LogP contribution in [0.15, 0.2) is 0 Å². The Hall–Kier alpha value is -0.880. The molecule has 0 N–H and O–H groups in total. The first-order valence-corrected chi connectivity index (χ1v) is 10.0. The first kappa shape index (κ1) is 19.4. The summed E-state index contributed by atoms with van der Waals surface area (Å²) in [5, 5.41) is 0. The van der Waals surface area contributed by atoms with Crippen LogP contribution in [0, 0.1) is 40.4 Å². The summed E-state index contributed by atoms with van der Waals surface area (Å²) in [6.07, 6.45) is -2.02. The number of cyclic esters (lactones) is 1. The molecule has 0 aromatic carbocycles. The largest absolute Gasteiger partial charge is 0.465 e. The Labute approximate surface area is 156 Å². The molecule has 7 heteroatoms. The maximum Gasteiger partial charge on any atom is 0.453 e. The van der Waals surface area contributed by atoms with Gasteiger partial charge in [0.25, 0.3) is 0 Å². The molecule has 27 heavy (non-hydrogen) atoms. The van der Waals surface area contributed by atoms with Crippen molar-refractivity contribution in [3.8, 4) is 0 Å². The maximum absolute atomic E-state index is 14.3. The van der Waals surface area contributed by atoms with Crippen molar-refractivity contribution in [2.24, 2.45) is 40.4 Å². The molecule has 4 fully saturated rings. The third-order valence-electron chi connectivity index (χ3n) is 8.84. The average molecular weight is 394 g/mol. The van der Waals surface area contributed by atoms with Gasteiger partial charge in [0.2, 0.25) is 0 Å². The van der Waals surface area contributed by atoms with Gasteiger partial charge in [0.15, 0.2) is 0 Å². The quantitative estimate of drug-likeness (QED) is 0.427. The van der Waals surface area contributed by atoms with E-state index in [1.54, 1.807) is 6.92 Å². The Bertz CT molecular complexity index is 632. The van der Waals surface area contributed by atoms with Gasteiger partial charge in [0, 0.05) is 17.8 Å². The van der Waals surface area contributed by atoms with Crippen LogP contribution in [0.2, 0.25) is 0 Å². The summed E-state index contributed by atoms with van der Waals surface area (Å²) in [6.45, 7) is 4.14. The van der Waals surface area contributed by atoms with Crippen molar-refractivity contribution in [1.82, 2.24) is 0 Å². The van der Waals surface area contributed by atoms with Crippen LogP contribution in [0.5, 0.6) is 0 Å². The summed E-state index contributed by atoms with van der Waals surface area (Å²) in [5.41, 5.74) is -1.16. The highest BCUT2D eigenvalue weighted by atomic mass is 19.4. The molecule has 3 saturated carbocycles. The molecule has 0 bridgehead atoms. The smallest absolute Gasteiger partial charge is 0.453 e. The Balaban J connectivity index is 1.62. The van der Waals surface area contributed by atoms with Gasteiger partial charge in [-0.3, -0.25) is 4.79 Å². The topological polar surface area (TPSA) is 26.3 Å². The first-order valence-electron chi connectivity index (χ1n) is 10.0. The van der Waals surface area contributed by atoms with Crippen LogP contribution in [-0.2, 0) is 9.53 Å². The van der Waals surface area contributed by atoms with Crippen LogP contribution in [0.1, 0.15) is 58.8 Å². The minimum absolute atomic E-state index is 0.0635. The first-order chi connectivity index (χ1) is 12.4. The molecule has 1 aliphatic heterocycles. The molecule has 0 amide bonds. The van der Waals surface area contributed by atoms with Gasteiger partial charge in [-0.15, -0.1) is 0 Å². The number of esters is 1. The fourth-order valence-corrected chi connectivity index (χ4v) is 7.38. The van der Waals surface area contributed by atoms with Gasteiger partial charge >= 0.3 is 18.1 Å². The van der Waals surface area contributed by atoms with Crippen LogP contribution in [0.3, 0.4) is 0 Å². The number of carbonyl (C=O) groups excluding carboxylic acids is 1. The van der Waals surface area contributed by atoms with Crippen molar-refractivity contribution < 1.29 is 31.5 Å². The molecule has 0 spiro atoms. The monoisotopic (exact) mass is 394 g/mol. The summed E-state index contributed by atoms with van der Waals surface area (Å²) in [5.74, 6) is -5.93. The van der Waals surface area contributed by atoms with Crippen molar-refractivity contribution >= 4 is 5.97 Å². The lowest BCUT2D eigenvalue weighted by Gasteiger charge is -2.59. The number of fused-ring (bicyclic) bond motifs is 5. The van der Waals surface area contributed by atoms with E-state index < -0.39 is 23.4 Å². The predicted octanol–water partition coefficient (Wildman–Crippen LogP) is 5.61. The van der Waals surface area contributed by atoms with Crippen LogP contribution in [0.4, 0.5) is 22.0 Å². The molecule has 1 heterocycles. The van der Waals surface area contributed by atoms with Gasteiger partial charge in [0.05, 0.1) is 6.61 Å². The lowest BCUT2D eigenvalue weighted by Crippen LogP contribution is -2.57. The molecule has 0 aromatic heterocycles. The number of ether oxygens (including phenoxy) is 1. The van der Waals surface area contributed by atoms with Gasteiger partial charge in [0.1, 0.15) is 0 Å². The summed E-state index contributed by atoms with van der Waals surface area (Å²) < 4.78 is 73.1. The molecule has 154 valence electrons. The van der Waals surface area contributed by atoms with Gasteiger partial charge in [-0.25, -0.2) is 0 Å². The number of hydrogen-bond acceptors (Lipinski definition) is 2. The van der Waals surface area contributed by atoms with Gasteiger partial charge in [-0.1, -0.05) is 13.8 Å². The minimum atomic E-state index is -5.49. The number of alkyl halides is 5. The maximum atomic E-state index is 14.3. The van der Waals surface area contributed by atoms with E-state index in [1.165, 1.54) is 0 Å². The Morgan fingerprint density at radius 1 is 0.926 bits per heavy atom. The fraction of sp³-hybridized carbons (Fsp3) is 0.950. The SMILES string of the molecule is C[C@]12COC(=O)CC1CC[C@@H]1[C@H]2CC[C@]2(C)C(C(F)(F)C(F)(F)F)CC[C@@H]12. The average Bonchev–Trinajstić information content (AvgIpc) is 2.92. The molecule has 0 aromatic rings. The fourth-order valence-electron chi connectivity index (χ4n) is 7.38. The second-order valence-corrected chi connectivity index (χ2v) is 9.82. The zero-order valence-corrected chi connectivity index (χ0v) is 15.7. The molecule has 2 unspecified atom stereocenters. The van der Waals surface area contributed by atoms with Gasteiger partial charge in [-0.05, 0) is 67.6 Å². The lowest BCUT2D eigenvalue weighted by molar-refractivity contribution is -0.316. The highest BCUT2D eigenvalue weighted by Crippen LogP contribution is 2.69. The van der Waals surface area contributed by atoms with Crippen LogP contribution in [-0.4, -0.2) is 24.7 Å². The van der Waals surface area contributed by atoms with E-state index in [2.05, 4.69) is 6.92 Å². The van der Waals surface area contributed by atoms with Crippen LogP contribution < -0.4 is 0 Å². The molecular weight excluding hydrogens is 367 g/mol. The van der Waals surface area contributed by atoms with Crippen molar-refractivity contribution in [3.63, 3.8) is 0 Å². The lowest BCUT2D eigenvalue weighted by atomic mass is 9.46. The molecule has 4 rings (SSSR count). The Morgan fingerprint density at radius 3 is 2.26 bits per heavy atom. The van der Waals surface area contributed by atoms with Gasteiger partial charge < -0.3 is 4.74 Å². The zero-order chi connectivity index (χ0) is 19.8. The summed E-state index contributed by atoms with van der Waals surface area (Å²) in [7, 11) is 0. The molecule has 7 atom stereocenters. The molecule has 4 aliphatic rings. The van der Waals surface area contributed by atoms with Crippen molar-refractivity contribution in [1.29, 1.82) is 0 Å². The highest BCUT2D eigenvalue weighted by molar-refractivity contribution is 5.70. The van der Waals surface area contributed by atoms with Crippen LogP contribution in [0.25, 0.3) is 0 Å². The minimum Gasteiger partial charge on any atom is -0.465 e. The predicted molar refractivity (Wildman–Crippen MR) is 87.9 cm³/mol. The van der Waals surface area contributed by atoms with Crippen LogP contribution >= 0.6 is 0 Å². The number of hydrogen-bond donors (Lipinski definition) is 0. The molecule has 0 radical (unpaired) electrons. The second-order valence-electron chi connectivity index (χ2n) is 9.82. The van der Waals surface area contributed by atoms with E-state index in [9.17, 15) is 26.7 Å². The Morgan fingerprint density at radius 2 is 1.59 bits per heavy atom. The van der Waals surface area contributed by atoms with E-state index in [1.807, 2.05) is 0 Å². The molecule has 1 saturated heterocycles. The van der Waals surface area contributed by atoms with E-state index in [0.29, 0.717) is 32.3 Å². The van der Waals surface area contributed by atoms with Crippen molar-refractivity contribution in [3.05, 3.63) is 0 Å². The van der Waals surface area contributed by atoms with E-state index in [-0.39, 0.29) is 41.5 Å². The van der Waals surface area contributed by atoms with E-state index in [0.717, 1.165) is 12.8 Å². The van der Waals surface area contributed by atoms with E-state index in [4.69, 9.17) is 4.74 Å². The third-order valence-corrected chi connectivity index (χ3v) is 8.84. The van der Waals surface area contributed by atoms with Gasteiger partial charge in [-0.2, -0.15) is 22.0 Å². The van der Waals surface area contributed by atoms with Crippen molar-refractivity contribution in [2.75, 3.05) is 6.61 Å². The molecule has 2 nitrogen and oxygen atoms in total. The molecular formula is C20H27F5O2. The Kier molecular flexibility index (Phi) is 4.19. The standard InChI is InChI=1S/C20H27F5O2/c1-17-8-7-14-12(4-3-11-9-16(26)27-10-18(11,14)2)13(17)5-6-15(17)19(21,22)20(23,24)25/h11-15H,3-10H2,1-2H3/t11?,12-,13-,14+,15?,17-,18-/m0/s1.